The molecule has 0 aliphatic carbocycles. The van der Waals surface area contributed by atoms with Crippen molar-refractivity contribution in [3.05, 3.63) is 83.9 Å². The quantitative estimate of drug-likeness (QED) is 0.207. The second kappa shape index (κ2) is 9.02. The van der Waals surface area contributed by atoms with Crippen LogP contribution in [0.15, 0.2) is 103 Å². The van der Waals surface area contributed by atoms with Gasteiger partial charge in [0.25, 0.3) is 0 Å². The normalized spacial score (nSPS) is 12.5. The molecule has 0 radical (unpaired) electrons. The molecule has 0 fully saturated rings. The number of carbonyl (C=O) groups excluding carboxylic acids is 1. The summed E-state index contributed by atoms with van der Waals surface area (Å²) >= 11 is 1.79. The SMILES string of the molecule is COC(=O)c1ccc(OCC=C(C)C)c([S+]2c3ccccc3Sc3ccccc32)c1. The molecule has 4 rings (SSSR count). The minimum Gasteiger partial charge on any atom is -0.484 e. The maximum atomic E-state index is 12.3. The zero-order chi connectivity index (χ0) is 21.1. The molecule has 0 bridgehead atoms. The molecule has 0 unspecified atom stereocenters. The van der Waals surface area contributed by atoms with Gasteiger partial charge < -0.3 is 9.47 Å². The first-order valence-corrected chi connectivity index (χ1v) is 11.7. The first-order chi connectivity index (χ1) is 14.6. The number of hydrogen-bond donors (Lipinski definition) is 0. The van der Waals surface area contributed by atoms with Crippen LogP contribution in [0, 0.1) is 0 Å². The number of methoxy groups -OCH3 is 1. The number of allylic oxidation sites excluding steroid dienone is 1. The third kappa shape index (κ3) is 4.13. The molecule has 1 aliphatic rings. The van der Waals surface area contributed by atoms with Crippen LogP contribution in [0.5, 0.6) is 5.75 Å². The van der Waals surface area contributed by atoms with E-state index in [9.17, 15) is 4.79 Å². The molecule has 3 aromatic carbocycles. The van der Waals surface area contributed by atoms with Gasteiger partial charge in [0.2, 0.25) is 4.90 Å². The number of esters is 1. The molecule has 0 N–H and O–H groups in total. The van der Waals surface area contributed by atoms with Crippen molar-refractivity contribution in [1.82, 2.24) is 0 Å². The number of ether oxygens (including phenoxy) is 2. The average Bonchev–Trinajstić information content (AvgIpc) is 2.77. The Balaban J connectivity index is 1.89. The van der Waals surface area contributed by atoms with Crippen molar-refractivity contribution in [3.63, 3.8) is 0 Å². The summed E-state index contributed by atoms with van der Waals surface area (Å²) in [5.41, 5.74) is 1.73. The molecule has 0 amide bonds. The maximum Gasteiger partial charge on any atom is 0.338 e. The van der Waals surface area contributed by atoms with Gasteiger partial charge in [-0.25, -0.2) is 4.79 Å². The van der Waals surface area contributed by atoms with E-state index in [1.165, 1.54) is 32.3 Å². The topological polar surface area (TPSA) is 35.5 Å². The lowest BCUT2D eigenvalue weighted by Gasteiger charge is -2.20. The number of carbonyl (C=O) groups is 1. The van der Waals surface area contributed by atoms with E-state index in [0.29, 0.717) is 12.2 Å². The Labute approximate surface area is 184 Å². The zero-order valence-electron chi connectivity index (χ0n) is 17.2. The van der Waals surface area contributed by atoms with Crippen molar-refractivity contribution in [1.29, 1.82) is 0 Å². The second-order valence-electron chi connectivity index (χ2n) is 7.05. The van der Waals surface area contributed by atoms with E-state index < -0.39 is 0 Å². The third-order valence-electron chi connectivity index (χ3n) is 4.67. The fourth-order valence-corrected chi connectivity index (χ4v) is 7.08. The third-order valence-corrected chi connectivity index (χ3v) is 8.43. The van der Waals surface area contributed by atoms with E-state index in [1.54, 1.807) is 17.8 Å². The maximum absolute atomic E-state index is 12.3. The lowest BCUT2D eigenvalue weighted by molar-refractivity contribution is 0.0600. The highest BCUT2D eigenvalue weighted by molar-refractivity contribution is 8.04. The first-order valence-electron chi connectivity index (χ1n) is 9.67. The van der Waals surface area contributed by atoms with Crippen LogP contribution < -0.4 is 4.74 Å². The highest BCUT2D eigenvalue weighted by Crippen LogP contribution is 2.49. The highest BCUT2D eigenvalue weighted by atomic mass is 32.2. The van der Waals surface area contributed by atoms with Gasteiger partial charge >= 0.3 is 5.97 Å². The molecule has 1 aliphatic heterocycles. The van der Waals surface area contributed by atoms with E-state index in [1.807, 2.05) is 12.1 Å². The lowest BCUT2D eigenvalue weighted by Crippen LogP contribution is -2.14. The van der Waals surface area contributed by atoms with Gasteiger partial charge in [0.15, 0.2) is 15.5 Å². The molecular formula is C25H23O3S2+. The van der Waals surface area contributed by atoms with Crippen LogP contribution in [0.4, 0.5) is 0 Å². The number of fused-ring (bicyclic) bond motifs is 2. The Morgan fingerprint density at radius 3 is 2.17 bits per heavy atom. The van der Waals surface area contributed by atoms with Gasteiger partial charge in [-0.2, -0.15) is 0 Å². The Hall–Kier alpha value is -2.63. The van der Waals surface area contributed by atoms with Crippen molar-refractivity contribution in [2.75, 3.05) is 13.7 Å². The smallest absolute Gasteiger partial charge is 0.338 e. The van der Waals surface area contributed by atoms with Gasteiger partial charge in [0.1, 0.15) is 17.5 Å². The molecule has 0 saturated carbocycles. The van der Waals surface area contributed by atoms with Gasteiger partial charge in [-0.3, -0.25) is 0 Å². The number of benzene rings is 3. The van der Waals surface area contributed by atoms with Crippen molar-refractivity contribution >= 4 is 28.6 Å². The van der Waals surface area contributed by atoms with E-state index in [2.05, 4.69) is 68.5 Å². The van der Waals surface area contributed by atoms with E-state index in [4.69, 9.17) is 9.47 Å². The van der Waals surface area contributed by atoms with Crippen molar-refractivity contribution < 1.29 is 14.3 Å². The molecule has 0 aromatic heterocycles. The monoisotopic (exact) mass is 435 g/mol. The van der Waals surface area contributed by atoms with Crippen LogP contribution in [0.1, 0.15) is 24.2 Å². The van der Waals surface area contributed by atoms with Gasteiger partial charge in [-0.1, -0.05) is 41.6 Å². The molecule has 152 valence electrons. The summed E-state index contributed by atoms with van der Waals surface area (Å²) < 4.78 is 11.2. The van der Waals surface area contributed by atoms with Crippen LogP contribution in [-0.4, -0.2) is 19.7 Å². The van der Waals surface area contributed by atoms with Crippen LogP contribution >= 0.6 is 11.8 Å². The summed E-state index contributed by atoms with van der Waals surface area (Å²) in [5, 5.41) is 0. The summed E-state index contributed by atoms with van der Waals surface area (Å²) in [6.45, 7) is 4.59. The molecular weight excluding hydrogens is 412 g/mol. The molecule has 0 spiro atoms. The van der Waals surface area contributed by atoms with Gasteiger partial charge in [-0.05, 0) is 56.3 Å². The van der Waals surface area contributed by atoms with Crippen LogP contribution in [0.2, 0.25) is 0 Å². The Morgan fingerprint density at radius 2 is 1.57 bits per heavy atom. The van der Waals surface area contributed by atoms with Gasteiger partial charge in [0, 0.05) is 6.07 Å². The second-order valence-corrected chi connectivity index (χ2v) is 10.1. The van der Waals surface area contributed by atoms with E-state index in [0.717, 1.165) is 10.6 Å². The summed E-state index contributed by atoms with van der Waals surface area (Å²) in [5.74, 6) is 0.448. The van der Waals surface area contributed by atoms with Gasteiger partial charge in [-0.15, -0.1) is 0 Å². The fraction of sp³-hybridized carbons (Fsp3) is 0.160. The fourth-order valence-electron chi connectivity index (χ4n) is 3.21. The standard InChI is InChI=1S/C25H23O3S2/c1-17(2)14-15-28-19-13-12-18(25(26)27-3)16-24(19)30-22-10-6-4-8-20(22)29-21-9-5-7-11-23(21)30/h4-14,16H,15H2,1-3H3/q+1. The molecule has 5 heteroatoms. The summed E-state index contributed by atoms with van der Waals surface area (Å²) in [4.78, 5) is 18.2. The Morgan fingerprint density at radius 1 is 0.933 bits per heavy atom. The Bertz CT molecular complexity index is 1070. The predicted octanol–water partition coefficient (Wildman–Crippen LogP) is 6.38. The Kier molecular flexibility index (Phi) is 6.21. The number of hydrogen-bond acceptors (Lipinski definition) is 4. The van der Waals surface area contributed by atoms with Crippen molar-refractivity contribution in [2.45, 2.75) is 38.3 Å². The highest BCUT2D eigenvalue weighted by Gasteiger charge is 2.40. The first kappa shape index (κ1) is 20.6. The minimum atomic E-state index is -0.387. The number of rotatable bonds is 5. The molecule has 0 saturated heterocycles. The molecule has 3 nitrogen and oxygen atoms in total. The van der Waals surface area contributed by atoms with E-state index >= 15 is 0 Å². The summed E-state index contributed by atoms with van der Waals surface area (Å²) in [6.07, 6.45) is 2.06. The molecule has 0 atom stereocenters. The molecule has 30 heavy (non-hydrogen) atoms. The zero-order valence-corrected chi connectivity index (χ0v) is 18.8. The van der Waals surface area contributed by atoms with E-state index in [-0.39, 0.29) is 16.9 Å². The van der Waals surface area contributed by atoms with Crippen LogP contribution in [0.3, 0.4) is 0 Å². The molecule has 3 aromatic rings. The van der Waals surface area contributed by atoms with Gasteiger partial charge in [0.05, 0.1) is 22.5 Å². The summed E-state index contributed by atoms with van der Waals surface area (Å²) in [6, 6.07) is 22.5. The summed E-state index contributed by atoms with van der Waals surface area (Å²) in [7, 11) is 1.02. The van der Waals surface area contributed by atoms with Crippen molar-refractivity contribution in [2.24, 2.45) is 0 Å². The average molecular weight is 436 g/mol. The predicted molar refractivity (Wildman–Crippen MR) is 122 cm³/mol. The molecule has 1 heterocycles. The van der Waals surface area contributed by atoms with Crippen molar-refractivity contribution in [3.8, 4) is 5.75 Å². The largest absolute Gasteiger partial charge is 0.484 e. The van der Waals surface area contributed by atoms with Crippen LogP contribution in [0.25, 0.3) is 0 Å². The lowest BCUT2D eigenvalue weighted by atomic mass is 10.2. The van der Waals surface area contributed by atoms with Crippen LogP contribution in [-0.2, 0) is 15.6 Å². The minimum absolute atomic E-state index is 0.344.